The van der Waals surface area contributed by atoms with Crippen LogP contribution in [0.2, 0.25) is 0 Å². The van der Waals surface area contributed by atoms with Crippen LogP contribution in [0.1, 0.15) is 24.8 Å². The summed E-state index contributed by atoms with van der Waals surface area (Å²) in [6.07, 6.45) is 2.58. The van der Waals surface area contributed by atoms with Gasteiger partial charge in [0.1, 0.15) is 5.82 Å². The molecule has 0 aliphatic heterocycles. The van der Waals surface area contributed by atoms with Crippen molar-refractivity contribution in [3.8, 4) is 0 Å². The highest BCUT2D eigenvalue weighted by Gasteiger charge is 2.17. The molecule has 1 atom stereocenters. The Labute approximate surface area is 100 Å². The van der Waals surface area contributed by atoms with E-state index in [1.165, 1.54) is 12.1 Å². The van der Waals surface area contributed by atoms with E-state index in [2.05, 4.69) is 0 Å². The Balaban J connectivity index is 2.57. The molecule has 0 spiro atoms. The summed E-state index contributed by atoms with van der Waals surface area (Å²) in [5.41, 5.74) is 6.09. The van der Waals surface area contributed by atoms with Crippen molar-refractivity contribution >= 4 is 5.97 Å². The van der Waals surface area contributed by atoms with Gasteiger partial charge in [-0.25, -0.2) is 4.39 Å². The van der Waals surface area contributed by atoms with Gasteiger partial charge in [0.05, 0.1) is 5.92 Å². The van der Waals surface area contributed by atoms with Crippen molar-refractivity contribution < 1.29 is 14.3 Å². The van der Waals surface area contributed by atoms with E-state index in [0.717, 1.165) is 18.4 Å². The van der Waals surface area contributed by atoms with E-state index in [1.54, 1.807) is 12.1 Å². The van der Waals surface area contributed by atoms with Crippen molar-refractivity contribution in [2.45, 2.75) is 25.7 Å². The van der Waals surface area contributed by atoms with Crippen molar-refractivity contribution in [1.82, 2.24) is 0 Å². The van der Waals surface area contributed by atoms with Crippen LogP contribution in [-0.4, -0.2) is 17.6 Å². The number of carboxylic acids is 1. The van der Waals surface area contributed by atoms with Gasteiger partial charge < -0.3 is 10.8 Å². The second-order valence-electron chi connectivity index (χ2n) is 4.15. The number of benzene rings is 1. The predicted molar refractivity (Wildman–Crippen MR) is 64.1 cm³/mol. The Morgan fingerprint density at radius 2 is 2.18 bits per heavy atom. The molecule has 0 aromatic heterocycles. The molecule has 0 saturated carbocycles. The Bertz CT molecular complexity index is 368. The summed E-state index contributed by atoms with van der Waals surface area (Å²) in [5, 5.41) is 9.08. The number of carboxylic acid groups (broad SMARTS) is 1. The van der Waals surface area contributed by atoms with Crippen LogP contribution in [0.3, 0.4) is 0 Å². The molecule has 1 unspecified atom stereocenters. The molecule has 4 heteroatoms. The van der Waals surface area contributed by atoms with Crippen molar-refractivity contribution in [1.29, 1.82) is 0 Å². The normalized spacial score (nSPS) is 12.4. The molecule has 0 radical (unpaired) electrons. The quantitative estimate of drug-likeness (QED) is 0.717. The molecular formula is C13H18FNO2. The molecule has 0 bridgehead atoms. The molecule has 0 saturated heterocycles. The molecule has 1 rings (SSSR count). The number of halogens is 1. The van der Waals surface area contributed by atoms with Gasteiger partial charge in [-0.05, 0) is 43.5 Å². The summed E-state index contributed by atoms with van der Waals surface area (Å²) in [4.78, 5) is 11.1. The molecule has 0 heterocycles. The second kappa shape index (κ2) is 7.01. The fourth-order valence-corrected chi connectivity index (χ4v) is 1.80. The molecule has 3 nitrogen and oxygen atoms in total. The standard InChI is InChI=1S/C13H18FNO2/c14-12-6-3-4-10(9-12)8-11(13(16)17)5-1-2-7-15/h3-4,6,9,11H,1-2,5,7-8,15H2,(H,16,17). The molecule has 0 aliphatic carbocycles. The van der Waals surface area contributed by atoms with Gasteiger partial charge in [0.25, 0.3) is 0 Å². The van der Waals surface area contributed by atoms with E-state index in [4.69, 9.17) is 10.8 Å². The van der Waals surface area contributed by atoms with Gasteiger partial charge in [-0.3, -0.25) is 4.79 Å². The molecule has 1 aromatic carbocycles. The van der Waals surface area contributed by atoms with Crippen LogP contribution in [0.4, 0.5) is 4.39 Å². The monoisotopic (exact) mass is 239 g/mol. The third kappa shape index (κ3) is 4.95. The van der Waals surface area contributed by atoms with Crippen LogP contribution in [0.15, 0.2) is 24.3 Å². The Morgan fingerprint density at radius 3 is 2.76 bits per heavy atom. The first-order valence-corrected chi connectivity index (χ1v) is 5.81. The molecule has 1 aromatic rings. The Hall–Kier alpha value is -1.42. The van der Waals surface area contributed by atoms with Crippen LogP contribution in [0.5, 0.6) is 0 Å². The van der Waals surface area contributed by atoms with Gasteiger partial charge in [0, 0.05) is 0 Å². The lowest BCUT2D eigenvalue weighted by Gasteiger charge is -2.12. The lowest BCUT2D eigenvalue weighted by Crippen LogP contribution is -2.17. The van der Waals surface area contributed by atoms with Crippen molar-refractivity contribution in [3.63, 3.8) is 0 Å². The van der Waals surface area contributed by atoms with Gasteiger partial charge in [0.2, 0.25) is 0 Å². The van der Waals surface area contributed by atoms with Crippen molar-refractivity contribution in [2.75, 3.05) is 6.54 Å². The molecule has 94 valence electrons. The van der Waals surface area contributed by atoms with Crippen LogP contribution in [0.25, 0.3) is 0 Å². The number of aliphatic carboxylic acids is 1. The smallest absolute Gasteiger partial charge is 0.306 e. The van der Waals surface area contributed by atoms with Gasteiger partial charge in [-0.2, -0.15) is 0 Å². The van der Waals surface area contributed by atoms with E-state index in [0.29, 0.717) is 19.4 Å². The summed E-state index contributed by atoms with van der Waals surface area (Å²) < 4.78 is 13.0. The summed E-state index contributed by atoms with van der Waals surface area (Å²) in [5.74, 6) is -1.61. The largest absolute Gasteiger partial charge is 0.481 e. The highest BCUT2D eigenvalue weighted by atomic mass is 19.1. The maximum Gasteiger partial charge on any atom is 0.306 e. The average Bonchev–Trinajstić information content (AvgIpc) is 2.28. The first-order chi connectivity index (χ1) is 8.13. The minimum Gasteiger partial charge on any atom is -0.481 e. The van der Waals surface area contributed by atoms with Crippen LogP contribution >= 0.6 is 0 Å². The SMILES string of the molecule is NCCCCC(Cc1cccc(F)c1)C(=O)O. The minimum atomic E-state index is -0.828. The second-order valence-corrected chi connectivity index (χ2v) is 4.15. The number of carbonyl (C=O) groups is 1. The number of rotatable bonds is 7. The van der Waals surface area contributed by atoms with E-state index in [-0.39, 0.29) is 5.82 Å². The van der Waals surface area contributed by atoms with Gasteiger partial charge in [-0.1, -0.05) is 18.6 Å². The highest BCUT2D eigenvalue weighted by molar-refractivity contribution is 5.70. The van der Waals surface area contributed by atoms with E-state index in [1.807, 2.05) is 0 Å². The summed E-state index contributed by atoms with van der Waals surface area (Å²) in [6.45, 7) is 0.576. The van der Waals surface area contributed by atoms with Gasteiger partial charge in [0.15, 0.2) is 0 Å². The van der Waals surface area contributed by atoms with E-state index in [9.17, 15) is 9.18 Å². The maximum atomic E-state index is 13.0. The molecule has 17 heavy (non-hydrogen) atoms. The molecule has 0 aliphatic rings. The fraction of sp³-hybridized carbons (Fsp3) is 0.462. The number of hydrogen-bond acceptors (Lipinski definition) is 2. The molecular weight excluding hydrogens is 221 g/mol. The van der Waals surface area contributed by atoms with Crippen LogP contribution < -0.4 is 5.73 Å². The fourth-order valence-electron chi connectivity index (χ4n) is 1.80. The summed E-state index contributed by atoms with van der Waals surface area (Å²) >= 11 is 0. The zero-order chi connectivity index (χ0) is 12.7. The third-order valence-electron chi connectivity index (χ3n) is 2.73. The number of hydrogen-bond donors (Lipinski definition) is 2. The lowest BCUT2D eigenvalue weighted by atomic mass is 9.94. The van der Waals surface area contributed by atoms with E-state index >= 15 is 0 Å². The van der Waals surface area contributed by atoms with Gasteiger partial charge >= 0.3 is 5.97 Å². The first-order valence-electron chi connectivity index (χ1n) is 5.81. The zero-order valence-electron chi connectivity index (χ0n) is 9.73. The van der Waals surface area contributed by atoms with Crippen molar-refractivity contribution in [2.24, 2.45) is 11.7 Å². The topological polar surface area (TPSA) is 63.3 Å². The molecule has 0 amide bonds. The summed E-state index contributed by atoms with van der Waals surface area (Å²) in [7, 11) is 0. The van der Waals surface area contributed by atoms with Crippen molar-refractivity contribution in [3.05, 3.63) is 35.6 Å². The predicted octanol–water partition coefficient (Wildman–Crippen LogP) is 2.20. The van der Waals surface area contributed by atoms with Crippen LogP contribution in [0, 0.1) is 11.7 Å². The number of unbranched alkanes of at least 4 members (excludes halogenated alkanes) is 1. The van der Waals surface area contributed by atoms with E-state index < -0.39 is 11.9 Å². The summed E-state index contributed by atoms with van der Waals surface area (Å²) in [6, 6.07) is 6.10. The van der Waals surface area contributed by atoms with Gasteiger partial charge in [-0.15, -0.1) is 0 Å². The Morgan fingerprint density at radius 1 is 1.41 bits per heavy atom. The van der Waals surface area contributed by atoms with Crippen LogP contribution in [-0.2, 0) is 11.2 Å². The highest BCUT2D eigenvalue weighted by Crippen LogP contribution is 2.16. The minimum absolute atomic E-state index is 0.325. The first kappa shape index (κ1) is 13.6. The maximum absolute atomic E-state index is 13.0. The molecule has 3 N–H and O–H groups in total. The lowest BCUT2D eigenvalue weighted by molar-refractivity contribution is -0.142. The zero-order valence-corrected chi connectivity index (χ0v) is 9.73. The Kier molecular flexibility index (Phi) is 5.63. The average molecular weight is 239 g/mol. The molecule has 0 fully saturated rings. The number of nitrogens with two attached hydrogens (primary N) is 1. The third-order valence-corrected chi connectivity index (χ3v) is 2.73.